The molecule has 208 valence electrons. The molecular weight excluding hydrogens is 532 g/mol. The SMILES string of the molecule is CSc1ccccc1-c1nc2cc(F)cc(F)c2c(Nc2cc(N3CCOCC3)cnc2N2CCOCC2)c1C. The number of ether oxygens (including phenoxy) is 2. The van der Waals surface area contributed by atoms with E-state index >= 15 is 4.39 Å². The molecule has 6 rings (SSSR count). The van der Waals surface area contributed by atoms with Crippen LogP contribution in [0.2, 0.25) is 0 Å². The number of thioether (sulfide) groups is 1. The van der Waals surface area contributed by atoms with Gasteiger partial charge in [-0.15, -0.1) is 11.8 Å². The van der Waals surface area contributed by atoms with Crippen molar-refractivity contribution in [1.29, 1.82) is 0 Å². The van der Waals surface area contributed by atoms with Gasteiger partial charge in [-0.1, -0.05) is 18.2 Å². The molecule has 0 atom stereocenters. The van der Waals surface area contributed by atoms with E-state index in [2.05, 4.69) is 21.2 Å². The van der Waals surface area contributed by atoms with Crippen LogP contribution < -0.4 is 15.1 Å². The first-order valence-electron chi connectivity index (χ1n) is 13.4. The number of pyridine rings is 2. The molecule has 4 aromatic rings. The van der Waals surface area contributed by atoms with Crippen LogP contribution in [0.5, 0.6) is 0 Å². The van der Waals surface area contributed by atoms with Crippen LogP contribution in [0.15, 0.2) is 53.6 Å². The zero-order valence-corrected chi connectivity index (χ0v) is 23.4. The number of aromatic nitrogens is 2. The number of hydrogen-bond donors (Lipinski definition) is 1. The zero-order valence-electron chi connectivity index (χ0n) is 22.5. The number of halogens is 2. The van der Waals surface area contributed by atoms with E-state index in [1.165, 1.54) is 6.07 Å². The van der Waals surface area contributed by atoms with Crippen molar-refractivity contribution in [1.82, 2.24) is 9.97 Å². The molecule has 0 saturated carbocycles. The Morgan fingerprint density at radius 2 is 1.62 bits per heavy atom. The van der Waals surface area contributed by atoms with Crippen molar-refractivity contribution in [3.8, 4) is 11.3 Å². The fourth-order valence-electron chi connectivity index (χ4n) is 5.36. The van der Waals surface area contributed by atoms with Gasteiger partial charge in [-0.25, -0.2) is 18.7 Å². The summed E-state index contributed by atoms with van der Waals surface area (Å²) in [7, 11) is 0. The van der Waals surface area contributed by atoms with Crippen molar-refractivity contribution in [3.63, 3.8) is 0 Å². The van der Waals surface area contributed by atoms with Gasteiger partial charge in [-0.3, -0.25) is 0 Å². The Bertz CT molecular complexity index is 1540. The molecule has 0 radical (unpaired) electrons. The third-order valence-corrected chi connectivity index (χ3v) is 8.20. The average molecular weight is 564 g/mol. The topological polar surface area (TPSA) is 62.8 Å². The number of nitrogens with one attached hydrogen (secondary N) is 1. The zero-order chi connectivity index (χ0) is 27.6. The Morgan fingerprint density at radius 1 is 0.925 bits per heavy atom. The molecule has 40 heavy (non-hydrogen) atoms. The molecule has 2 saturated heterocycles. The minimum atomic E-state index is -0.665. The smallest absolute Gasteiger partial charge is 0.152 e. The van der Waals surface area contributed by atoms with Gasteiger partial charge in [-0.2, -0.15) is 0 Å². The quantitative estimate of drug-likeness (QED) is 0.286. The normalized spacial score (nSPS) is 16.0. The highest BCUT2D eigenvalue weighted by atomic mass is 32.2. The Labute approximate surface area is 236 Å². The number of anilines is 4. The first-order valence-corrected chi connectivity index (χ1v) is 14.6. The van der Waals surface area contributed by atoms with E-state index < -0.39 is 11.6 Å². The van der Waals surface area contributed by atoms with Crippen molar-refractivity contribution < 1.29 is 18.3 Å². The number of morpholine rings is 2. The summed E-state index contributed by atoms with van der Waals surface area (Å²) in [5.41, 5.74) is 4.85. The molecule has 0 spiro atoms. The lowest BCUT2D eigenvalue weighted by Crippen LogP contribution is -2.38. The lowest BCUT2D eigenvalue weighted by Gasteiger charge is -2.32. The van der Waals surface area contributed by atoms with Crippen molar-refractivity contribution in [3.05, 3.63) is 65.9 Å². The van der Waals surface area contributed by atoms with Crippen LogP contribution in [0, 0.1) is 18.6 Å². The second kappa shape index (κ2) is 11.6. The molecule has 2 aromatic carbocycles. The molecule has 7 nitrogen and oxygen atoms in total. The Hall–Kier alpha value is -3.47. The van der Waals surface area contributed by atoms with Gasteiger partial charge in [-0.05, 0) is 30.9 Å². The minimum Gasteiger partial charge on any atom is -0.378 e. The van der Waals surface area contributed by atoms with E-state index in [1.807, 2.05) is 43.6 Å². The van der Waals surface area contributed by atoms with Crippen LogP contribution in [-0.2, 0) is 9.47 Å². The molecule has 1 N–H and O–H groups in total. The number of rotatable bonds is 6. The molecule has 0 amide bonds. The first-order chi connectivity index (χ1) is 19.5. The molecular formula is C30H31F2N5O2S. The minimum absolute atomic E-state index is 0.244. The third-order valence-electron chi connectivity index (χ3n) is 7.41. The molecule has 0 bridgehead atoms. The lowest BCUT2D eigenvalue weighted by atomic mass is 10.0. The van der Waals surface area contributed by atoms with Gasteiger partial charge in [0.1, 0.15) is 11.6 Å². The summed E-state index contributed by atoms with van der Waals surface area (Å²) in [6, 6.07) is 12.2. The Balaban J connectivity index is 1.54. The summed E-state index contributed by atoms with van der Waals surface area (Å²) in [6.45, 7) is 7.35. The number of hydrogen-bond acceptors (Lipinski definition) is 8. The van der Waals surface area contributed by atoms with E-state index in [0.717, 1.165) is 52.4 Å². The highest BCUT2D eigenvalue weighted by Crippen LogP contribution is 2.41. The van der Waals surface area contributed by atoms with Crippen molar-refractivity contribution in [2.24, 2.45) is 0 Å². The van der Waals surface area contributed by atoms with E-state index in [1.54, 1.807) is 11.8 Å². The van der Waals surface area contributed by atoms with E-state index in [4.69, 9.17) is 19.4 Å². The van der Waals surface area contributed by atoms with Crippen molar-refractivity contribution in [2.45, 2.75) is 11.8 Å². The number of nitrogens with zero attached hydrogens (tertiary/aromatic N) is 4. The molecule has 0 unspecified atom stereocenters. The second-order valence-electron chi connectivity index (χ2n) is 9.83. The lowest BCUT2D eigenvalue weighted by molar-refractivity contribution is 0.122. The van der Waals surface area contributed by atoms with Gasteiger partial charge in [0, 0.05) is 48.8 Å². The maximum Gasteiger partial charge on any atom is 0.152 e. The molecule has 10 heteroatoms. The third kappa shape index (κ3) is 5.18. The summed E-state index contributed by atoms with van der Waals surface area (Å²) < 4.78 is 41.1. The van der Waals surface area contributed by atoms with E-state index in [0.29, 0.717) is 50.9 Å². The standard InChI is InChI=1S/C30H31F2N5O2S/c1-19-28(22-5-3-4-6-26(22)40-2)34-24-16-20(31)15-23(32)27(24)29(19)35-25-17-21(36-7-11-38-12-8-36)18-33-30(25)37-9-13-39-14-10-37/h3-6,15-18H,7-14H2,1-2H3,(H,34,35). The fraction of sp³-hybridized carbons (Fsp3) is 0.333. The second-order valence-corrected chi connectivity index (χ2v) is 10.7. The summed E-state index contributed by atoms with van der Waals surface area (Å²) in [4.78, 5) is 15.1. The summed E-state index contributed by atoms with van der Waals surface area (Å²) in [5.74, 6) is -0.567. The highest BCUT2D eigenvalue weighted by Gasteiger charge is 2.23. The number of fused-ring (bicyclic) bond motifs is 1. The molecule has 2 aliphatic heterocycles. The molecule has 4 heterocycles. The van der Waals surface area contributed by atoms with Gasteiger partial charge in [0.2, 0.25) is 0 Å². The maximum absolute atomic E-state index is 15.5. The van der Waals surface area contributed by atoms with Crippen LogP contribution in [0.4, 0.5) is 31.7 Å². The average Bonchev–Trinajstić information content (AvgIpc) is 2.99. The largest absolute Gasteiger partial charge is 0.378 e. The predicted molar refractivity (Wildman–Crippen MR) is 157 cm³/mol. The van der Waals surface area contributed by atoms with Crippen LogP contribution in [-0.4, -0.2) is 68.8 Å². The molecule has 2 fully saturated rings. The monoisotopic (exact) mass is 563 g/mol. The Kier molecular flexibility index (Phi) is 7.73. The van der Waals surface area contributed by atoms with Crippen LogP contribution in [0.25, 0.3) is 22.2 Å². The van der Waals surface area contributed by atoms with Gasteiger partial charge >= 0.3 is 0 Å². The van der Waals surface area contributed by atoms with Crippen LogP contribution >= 0.6 is 11.8 Å². The summed E-state index contributed by atoms with van der Waals surface area (Å²) in [6.07, 6.45) is 3.89. The maximum atomic E-state index is 15.5. The summed E-state index contributed by atoms with van der Waals surface area (Å²) in [5, 5.41) is 3.80. The Morgan fingerprint density at radius 3 is 2.35 bits per heavy atom. The van der Waals surface area contributed by atoms with Crippen molar-refractivity contribution >= 4 is 45.5 Å². The van der Waals surface area contributed by atoms with E-state index in [-0.39, 0.29) is 10.9 Å². The van der Waals surface area contributed by atoms with Gasteiger partial charge in [0.05, 0.1) is 66.3 Å². The molecule has 2 aliphatic rings. The van der Waals surface area contributed by atoms with Crippen LogP contribution in [0.1, 0.15) is 5.56 Å². The fourth-order valence-corrected chi connectivity index (χ4v) is 5.96. The van der Waals surface area contributed by atoms with Gasteiger partial charge in [0.25, 0.3) is 0 Å². The molecule has 0 aliphatic carbocycles. The first kappa shape index (κ1) is 26.7. The predicted octanol–water partition coefficient (Wildman–Crippen LogP) is 6.02. The van der Waals surface area contributed by atoms with E-state index in [9.17, 15) is 4.39 Å². The summed E-state index contributed by atoms with van der Waals surface area (Å²) >= 11 is 1.61. The van der Waals surface area contributed by atoms with Crippen LogP contribution in [0.3, 0.4) is 0 Å². The van der Waals surface area contributed by atoms with Gasteiger partial charge < -0.3 is 24.6 Å². The van der Waals surface area contributed by atoms with Crippen molar-refractivity contribution in [2.75, 3.05) is 74.0 Å². The van der Waals surface area contributed by atoms with Gasteiger partial charge in [0.15, 0.2) is 5.82 Å². The molecule has 2 aromatic heterocycles. The number of benzene rings is 2. The highest BCUT2D eigenvalue weighted by molar-refractivity contribution is 7.98.